The van der Waals surface area contributed by atoms with E-state index in [1.807, 2.05) is 6.07 Å². The Kier molecular flexibility index (Phi) is 6.54. The van der Waals surface area contributed by atoms with Crippen molar-refractivity contribution in [2.75, 3.05) is 47.5 Å². The first-order valence-electron chi connectivity index (χ1n) is 8.35. The van der Waals surface area contributed by atoms with Gasteiger partial charge in [-0.2, -0.15) is 0 Å². The zero-order valence-electron chi connectivity index (χ0n) is 15.0. The van der Waals surface area contributed by atoms with Crippen LogP contribution in [0.4, 0.5) is 0 Å². The third-order valence-corrected chi connectivity index (χ3v) is 4.38. The summed E-state index contributed by atoms with van der Waals surface area (Å²) in [5, 5.41) is 3.43. The molecule has 0 aromatic heterocycles. The van der Waals surface area contributed by atoms with Gasteiger partial charge in [0.25, 0.3) is 0 Å². The summed E-state index contributed by atoms with van der Waals surface area (Å²) in [7, 11) is 5.05. The smallest absolute Gasteiger partial charge is 0.164 e. The van der Waals surface area contributed by atoms with Crippen molar-refractivity contribution in [2.24, 2.45) is 5.92 Å². The Hall–Kier alpha value is -1.46. The van der Waals surface area contributed by atoms with Crippen LogP contribution in [0.2, 0.25) is 0 Å². The monoisotopic (exact) mass is 322 g/mol. The molecule has 5 nitrogen and oxygen atoms in total. The summed E-state index contributed by atoms with van der Waals surface area (Å²) < 4.78 is 16.6. The van der Waals surface area contributed by atoms with Crippen LogP contribution in [0, 0.1) is 5.92 Å². The highest BCUT2D eigenvalue weighted by Gasteiger charge is 2.27. The molecule has 0 spiro atoms. The van der Waals surface area contributed by atoms with Gasteiger partial charge in [-0.25, -0.2) is 0 Å². The summed E-state index contributed by atoms with van der Waals surface area (Å²) in [5.74, 6) is 2.93. The molecule has 1 heterocycles. The van der Waals surface area contributed by atoms with E-state index in [1.165, 1.54) is 5.56 Å². The Morgan fingerprint density at radius 2 is 1.52 bits per heavy atom. The minimum atomic E-state index is 0.326. The number of nitrogens with zero attached hydrogens (tertiary/aromatic N) is 1. The lowest BCUT2D eigenvalue weighted by Crippen LogP contribution is -2.45. The number of hydrogen-bond donors (Lipinski definition) is 1. The predicted molar refractivity (Wildman–Crippen MR) is 92.7 cm³/mol. The lowest BCUT2D eigenvalue weighted by atomic mass is 9.94. The quantitative estimate of drug-likeness (QED) is 0.836. The van der Waals surface area contributed by atoms with E-state index in [1.54, 1.807) is 21.3 Å². The van der Waals surface area contributed by atoms with Crippen molar-refractivity contribution in [3.05, 3.63) is 17.7 Å². The topological polar surface area (TPSA) is 43.0 Å². The second-order valence-corrected chi connectivity index (χ2v) is 6.38. The molecule has 0 saturated carbocycles. The van der Waals surface area contributed by atoms with Gasteiger partial charge in [0.05, 0.1) is 21.3 Å². The highest BCUT2D eigenvalue weighted by Crippen LogP contribution is 2.41. The Morgan fingerprint density at radius 3 is 2.04 bits per heavy atom. The molecule has 0 aliphatic carbocycles. The molecule has 5 heteroatoms. The lowest BCUT2D eigenvalue weighted by Gasteiger charge is -2.37. The summed E-state index contributed by atoms with van der Waals surface area (Å²) in [6, 6.07) is 4.34. The van der Waals surface area contributed by atoms with Gasteiger partial charge in [0.15, 0.2) is 11.5 Å². The first-order valence-corrected chi connectivity index (χ1v) is 8.35. The second kappa shape index (κ2) is 8.41. The van der Waals surface area contributed by atoms with Gasteiger partial charge >= 0.3 is 0 Å². The predicted octanol–water partition coefficient (Wildman–Crippen LogP) is 2.70. The van der Waals surface area contributed by atoms with Crippen LogP contribution in [0.1, 0.15) is 31.9 Å². The van der Waals surface area contributed by atoms with E-state index >= 15 is 0 Å². The molecule has 1 atom stereocenters. The molecule has 1 aliphatic rings. The summed E-state index contributed by atoms with van der Waals surface area (Å²) in [6.45, 7) is 8.70. The van der Waals surface area contributed by atoms with Crippen LogP contribution in [0.15, 0.2) is 12.1 Å². The first-order chi connectivity index (χ1) is 11.1. The fourth-order valence-corrected chi connectivity index (χ4v) is 3.23. The molecule has 23 heavy (non-hydrogen) atoms. The van der Waals surface area contributed by atoms with E-state index in [4.69, 9.17) is 14.2 Å². The SMILES string of the molecule is COc1cc(OC)c([C@H](CC(C)C)N2CCNCC2)cc1OC. The van der Waals surface area contributed by atoms with Crippen molar-refractivity contribution >= 4 is 0 Å². The molecule has 2 rings (SSSR count). The standard InChI is InChI=1S/C18H30N2O3/c1-13(2)10-15(20-8-6-19-7-9-20)14-11-17(22-4)18(23-5)12-16(14)21-3/h11-13,15,19H,6-10H2,1-5H3/t15-/m0/s1. The number of benzene rings is 1. The van der Waals surface area contributed by atoms with E-state index in [0.29, 0.717) is 17.7 Å². The van der Waals surface area contributed by atoms with Gasteiger partial charge in [-0.15, -0.1) is 0 Å². The first kappa shape index (κ1) is 17.9. The molecule has 0 bridgehead atoms. The maximum absolute atomic E-state index is 5.66. The number of nitrogens with one attached hydrogen (secondary N) is 1. The maximum Gasteiger partial charge on any atom is 0.164 e. The fourth-order valence-electron chi connectivity index (χ4n) is 3.23. The normalized spacial score (nSPS) is 17.1. The molecule has 0 radical (unpaired) electrons. The van der Waals surface area contributed by atoms with Gasteiger partial charge in [-0.3, -0.25) is 4.90 Å². The Balaban J connectivity index is 2.42. The summed E-state index contributed by atoms with van der Waals surface area (Å²) in [6.07, 6.45) is 1.09. The largest absolute Gasteiger partial charge is 0.496 e. The summed E-state index contributed by atoms with van der Waals surface area (Å²) in [4.78, 5) is 2.54. The number of piperazine rings is 1. The number of methoxy groups -OCH3 is 3. The third kappa shape index (κ3) is 4.30. The molecule has 1 aromatic carbocycles. The van der Waals surface area contributed by atoms with Crippen molar-refractivity contribution in [3.8, 4) is 17.2 Å². The van der Waals surface area contributed by atoms with Crippen LogP contribution >= 0.6 is 0 Å². The van der Waals surface area contributed by atoms with Crippen LogP contribution in [0.25, 0.3) is 0 Å². The summed E-state index contributed by atoms with van der Waals surface area (Å²) >= 11 is 0. The van der Waals surface area contributed by atoms with Crippen LogP contribution in [0.5, 0.6) is 17.2 Å². The van der Waals surface area contributed by atoms with E-state index < -0.39 is 0 Å². The third-order valence-electron chi connectivity index (χ3n) is 4.38. The van der Waals surface area contributed by atoms with Crippen LogP contribution < -0.4 is 19.5 Å². The van der Waals surface area contributed by atoms with Crippen molar-refractivity contribution in [3.63, 3.8) is 0 Å². The van der Waals surface area contributed by atoms with Gasteiger partial charge in [0.1, 0.15) is 5.75 Å². The molecule has 0 amide bonds. The Labute approximate surface area is 139 Å². The zero-order chi connectivity index (χ0) is 16.8. The average Bonchev–Trinajstić information content (AvgIpc) is 2.59. The highest BCUT2D eigenvalue weighted by molar-refractivity contribution is 5.52. The molecule has 1 aromatic rings. The zero-order valence-corrected chi connectivity index (χ0v) is 15.0. The Morgan fingerprint density at radius 1 is 0.957 bits per heavy atom. The molecule has 0 unspecified atom stereocenters. The van der Waals surface area contributed by atoms with Gasteiger partial charge in [0.2, 0.25) is 0 Å². The highest BCUT2D eigenvalue weighted by atomic mass is 16.5. The van der Waals surface area contributed by atoms with Crippen molar-refractivity contribution in [1.82, 2.24) is 10.2 Å². The van der Waals surface area contributed by atoms with Gasteiger partial charge < -0.3 is 19.5 Å². The van der Waals surface area contributed by atoms with Crippen molar-refractivity contribution in [2.45, 2.75) is 26.3 Å². The average molecular weight is 322 g/mol. The minimum Gasteiger partial charge on any atom is -0.496 e. The Bertz CT molecular complexity index is 499. The second-order valence-electron chi connectivity index (χ2n) is 6.38. The molecular weight excluding hydrogens is 292 g/mol. The van der Waals surface area contributed by atoms with E-state index in [0.717, 1.165) is 44.1 Å². The van der Waals surface area contributed by atoms with Crippen molar-refractivity contribution in [1.29, 1.82) is 0 Å². The molecule has 1 fully saturated rings. The van der Waals surface area contributed by atoms with Gasteiger partial charge in [0, 0.05) is 43.9 Å². The fraction of sp³-hybridized carbons (Fsp3) is 0.667. The van der Waals surface area contributed by atoms with Crippen LogP contribution in [-0.4, -0.2) is 52.4 Å². The van der Waals surface area contributed by atoms with Crippen molar-refractivity contribution < 1.29 is 14.2 Å². The molecule has 1 aliphatic heterocycles. The molecule has 130 valence electrons. The van der Waals surface area contributed by atoms with Gasteiger partial charge in [-0.1, -0.05) is 13.8 Å². The maximum atomic E-state index is 5.66. The number of hydrogen-bond acceptors (Lipinski definition) is 5. The minimum absolute atomic E-state index is 0.326. The van der Waals surface area contributed by atoms with E-state index in [2.05, 4.69) is 30.1 Å². The molecular formula is C18H30N2O3. The lowest BCUT2D eigenvalue weighted by molar-refractivity contribution is 0.151. The molecule has 1 saturated heterocycles. The number of ether oxygens (including phenoxy) is 3. The van der Waals surface area contributed by atoms with Crippen LogP contribution in [-0.2, 0) is 0 Å². The van der Waals surface area contributed by atoms with Crippen LogP contribution in [0.3, 0.4) is 0 Å². The van der Waals surface area contributed by atoms with E-state index in [-0.39, 0.29) is 0 Å². The summed E-state index contributed by atoms with van der Waals surface area (Å²) in [5.41, 5.74) is 1.18. The number of rotatable bonds is 7. The van der Waals surface area contributed by atoms with E-state index in [9.17, 15) is 0 Å². The molecule has 1 N–H and O–H groups in total. The van der Waals surface area contributed by atoms with Gasteiger partial charge in [-0.05, 0) is 18.4 Å².